The van der Waals surface area contributed by atoms with Gasteiger partial charge in [0.25, 0.3) is 5.91 Å². The molecule has 2 N–H and O–H groups in total. The van der Waals surface area contributed by atoms with Crippen LogP contribution in [0.15, 0.2) is 66.7 Å². The van der Waals surface area contributed by atoms with Crippen LogP contribution in [0.4, 0.5) is 5.69 Å². The van der Waals surface area contributed by atoms with Crippen LogP contribution in [-0.4, -0.2) is 19.0 Å². The summed E-state index contributed by atoms with van der Waals surface area (Å²) in [4.78, 5) is 13.7. The number of rotatable bonds is 3. The number of fused-ring (bicyclic) bond motifs is 2. The number of carbonyl (C=O) groups is 1. The van der Waals surface area contributed by atoms with E-state index in [2.05, 4.69) is 47.8 Å². The molecule has 0 saturated heterocycles. The van der Waals surface area contributed by atoms with Gasteiger partial charge in [0.15, 0.2) is 6.54 Å². The number of hydrogen-bond acceptors (Lipinski definition) is 1. The fourth-order valence-electron chi connectivity index (χ4n) is 3.49. The number of hydrogen-bond donors (Lipinski definition) is 2. The van der Waals surface area contributed by atoms with Crippen molar-refractivity contribution in [1.29, 1.82) is 0 Å². The SMILES string of the molecule is O=C(C[NH+]1CCc2ccccc2C1)Nc1ccc2ccccc2c1. The molecule has 1 aliphatic heterocycles. The molecule has 0 fully saturated rings. The summed E-state index contributed by atoms with van der Waals surface area (Å²) in [6.07, 6.45) is 1.05. The van der Waals surface area contributed by atoms with E-state index in [1.165, 1.54) is 21.4 Å². The van der Waals surface area contributed by atoms with Crippen molar-refractivity contribution in [2.45, 2.75) is 13.0 Å². The summed E-state index contributed by atoms with van der Waals surface area (Å²) in [5, 5.41) is 5.38. The van der Waals surface area contributed by atoms with Crippen molar-refractivity contribution >= 4 is 22.4 Å². The van der Waals surface area contributed by atoms with Gasteiger partial charge in [0.05, 0.1) is 6.54 Å². The summed E-state index contributed by atoms with van der Waals surface area (Å²) in [5.41, 5.74) is 3.67. The molecule has 0 aliphatic carbocycles. The van der Waals surface area contributed by atoms with Gasteiger partial charge in [0.2, 0.25) is 0 Å². The molecule has 0 aromatic heterocycles. The average Bonchev–Trinajstić information content (AvgIpc) is 2.61. The quantitative estimate of drug-likeness (QED) is 0.764. The summed E-state index contributed by atoms with van der Waals surface area (Å²) < 4.78 is 0. The van der Waals surface area contributed by atoms with Gasteiger partial charge in [0, 0.05) is 17.7 Å². The molecule has 1 aliphatic rings. The van der Waals surface area contributed by atoms with Crippen LogP contribution in [0, 0.1) is 0 Å². The van der Waals surface area contributed by atoms with Crippen molar-refractivity contribution in [3.63, 3.8) is 0 Å². The Morgan fingerprint density at radius 2 is 1.67 bits per heavy atom. The largest absolute Gasteiger partial charge is 0.323 e. The second kappa shape index (κ2) is 6.46. The molecule has 3 aromatic carbocycles. The summed E-state index contributed by atoms with van der Waals surface area (Å²) in [5.74, 6) is 0.0830. The van der Waals surface area contributed by atoms with Crippen LogP contribution in [-0.2, 0) is 17.8 Å². The van der Waals surface area contributed by atoms with Crippen LogP contribution in [0.5, 0.6) is 0 Å². The lowest BCUT2D eigenvalue weighted by atomic mass is 10.00. The maximum atomic E-state index is 12.4. The first-order valence-corrected chi connectivity index (χ1v) is 8.47. The molecule has 1 atom stereocenters. The van der Waals surface area contributed by atoms with Gasteiger partial charge >= 0.3 is 0 Å². The molecule has 1 heterocycles. The van der Waals surface area contributed by atoms with Crippen molar-refractivity contribution in [3.8, 4) is 0 Å². The first-order chi connectivity index (χ1) is 11.8. The van der Waals surface area contributed by atoms with E-state index in [0.717, 1.165) is 30.6 Å². The fraction of sp³-hybridized carbons (Fsp3) is 0.190. The van der Waals surface area contributed by atoms with Crippen molar-refractivity contribution < 1.29 is 9.69 Å². The van der Waals surface area contributed by atoms with E-state index < -0.39 is 0 Å². The summed E-state index contributed by atoms with van der Waals surface area (Å²) in [7, 11) is 0. The van der Waals surface area contributed by atoms with E-state index in [9.17, 15) is 4.79 Å². The summed E-state index contributed by atoms with van der Waals surface area (Å²) in [6, 6.07) is 22.8. The van der Waals surface area contributed by atoms with Gasteiger partial charge in [-0.15, -0.1) is 0 Å². The maximum absolute atomic E-state index is 12.4. The first kappa shape index (κ1) is 14.9. The van der Waals surface area contributed by atoms with Crippen LogP contribution < -0.4 is 10.2 Å². The molecule has 120 valence electrons. The van der Waals surface area contributed by atoms with Gasteiger partial charge in [-0.2, -0.15) is 0 Å². The van der Waals surface area contributed by atoms with Gasteiger partial charge in [-0.1, -0.05) is 54.6 Å². The Balaban J connectivity index is 1.41. The Bertz CT molecular complexity index is 888. The molecule has 0 spiro atoms. The molecule has 3 heteroatoms. The normalized spacial score (nSPS) is 16.6. The van der Waals surface area contributed by atoms with E-state index in [-0.39, 0.29) is 5.91 Å². The van der Waals surface area contributed by atoms with E-state index in [1.54, 1.807) is 0 Å². The molecular formula is C21H21N2O+. The van der Waals surface area contributed by atoms with Crippen molar-refractivity contribution in [1.82, 2.24) is 0 Å². The van der Waals surface area contributed by atoms with E-state index in [4.69, 9.17) is 0 Å². The van der Waals surface area contributed by atoms with E-state index in [0.29, 0.717) is 6.54 Å². The fourth-order valence-corrected chi connectivity index (χ4v) is 3.49. The molecule has 3 aromatic rings. The number of carbonyl (C=O) groups excluding carboxylic acids is 1. The molecule has 1 unspecified atom stereocenters. The Hall–Kier alpha value is -2.65. The Morgan fingerprint density at radius 1 is 0.917 bits per heavy atom. The molecular weight excluding hydrogens is 296 g/mol. The lowest BCUT2D eigenvalue weighted by Crippen LogP contribution is -3.12. The third kappa shape index (κ3) is 3.17. The number of anilines is 1. The highest BCUT2D eigenvalue weighted by Crippen LogP contribution is 2.18. The minimum Gasteiger partial charge on any atom is -0.323 e. The highest BCUT2D eigenvalue weighted by molar-refractivity contribution is 5.94. The third-order valence-corrected chi connectivity index (χ3v) is 4.75. The van der Waals surface area contributed by atoms with Gasteiger partial charge in [-0.3, -0.25) is 4.79 Å². The minimum atomic E-state index is 0.0830. The molecule has 0 bridgehead atoms. The maximum Gasteiger partial charge on any atom is 0.279 e. The molecule has 24 heavy (non-hydrogen) atoms. The predicted molar refractivity (Wildman–Crippen MR) is 97.1 cm³/mol. The van der Waals surface area contributed by atoms with Crippen molar-refractivity contribution in [2.24, 2.45) is 0 Å². The molecule has 0 radical (unpaired) electrons. The minimum absolute atomic E-state index is 0.0830. The molecule has 1 amide bonds. The van der Waals surface area contributed by atoms with Crippen LogP contribution in [0.2, 0.25) is 0 Å². The van der Waals surface area contributed by atoms with E-state index >= 15 is 0 Å². The summed E-state index contributed by atoms with van der Waals surface area (Å²) in [6.45, 7) is 2.46. The van der Waals surface area contributed by atoms with Crippen LogP contribution in [0.3, 0.4) is 0 Å². The number of amides is 1. The first-order valence-electron chi connectivity index (χ1n) is 8.47. The van der Waals surface area contributed by atoms with E-state index in [1.807, 2.05) is 24.3 Å². The molecule has 0 saturated carbocycles. The van der Waals surface area contributed by atoms with Gasteiger partial charge in [-0.25, -0.2) is 0 Å². The van der Waals surface area contributed by atoms with Gasteiger partial charge in [0.1, 0.15) is 6.54 Å². The lowest BCUT2D eigenvalue weighted by molar-refractivity contribution is -0.907. The zero-order valence-electron chi connectivity index (χ0n) is 13.6. The van der Waals surface area contributed by atoms with Crippen LogP contribution in [0.25, 0.3) is 10.8 Å². The monoisotopic (exact) mass is 317 g/mol. The average molecular weight is 317 g/mol. The Labute approximate surface area is 141 Å². The number of benzene rings is 3. The van der Waals surface area contributed by atoms with Gasteiger partial charge < -0.3 is 10.2 Å². The van der Waals surface area contributed by atoms with Crippen molar-refractivity contribution in [3.05, 3.63) is 77.9 Å². The second-order valence-electron chi connectivity index (χ2n) is 6.48. The zero-order chi connectivity index (χ0) is 16.4. The van der Waals surface area contributed by atoms with Gasteiger partial charge in [-0.05, 0) is 28.5 Å². The Morgan fingerprint density at radius 3 is 2.54 bits per heavy atom. The summed E-state index contributed by atoms with van der Waals surface area (Å²) >= 11 is 0. The Kier molecular flexibility index (Phi) is 4.01. The predicted octanol–water partition coefficient (Wildman–Crippen LogP) is 2.42. The van der Waals surface area contributed by atoms with Crippen molar-refractivity contribution in [2.75, 3.05) is 18.4 Å². The van der Waals surface area contributed by atoms with Crippen LogP contribution in [0.1, 0.15) is 11.1 Å². The van der Waals surface area contributed by atoms with Crippen LogP contribution >= 0.6 is 0 Å². The topological polar surface area (TPSA) is 33.5 Å². The number of quaternary nitrogens is 1. The zero-order valence-corrected chi connectivity index (χ0v) is 13.6. The highest BCUT2D eigenvalue weighted by atomic mass is 16.2. The smallest absolute Gasteiger partial charge is 0.279 e. The molecule has 4 rings (SSSR count). The highest BCUT2D eigenvalue weighted by Gasteiger charge is 2.21. The third-order valence-electron chi connectivity index (χ3n) is 4.75. The second-order valence-corrected chi connectivity index (χ2v) is 6.48. The number of nitrogens with one attached hydrogen (secondary N) is 2. The lowest BCUT2D eigenvalue weighted by Gasteiger charge is -2.25. The standard InChI is InChI=1S/C21H20N2O/c24-21(15-23-12-11-17-6-2-4-8-19(17)14-23)22-20-10-9-16-5-1-3-7-18(16)13-20/h1-10,13H,11-12,14-15H2,(H,22,24)/p+1. The molecule has 3 nitrogen and oxygen atoms in total.